The molecule has 0 saturated carbocycles. The van der Waals surface area contributed by atoms with Gasteiger partial charge in [-0.25, -0.2) is 0 Å². The van der Waals surface area contributed by atoms with Crippen LogP contribution in [0.25, 0.3) is 0 Å². The van der Waals surface area contributed by atoms with Gasteiger partial charge in [-0.15, -0.1) is 0 Å². The Morgan fingerprint density at radius 3 is 2.77 bits per heavy atom. The molecule has 0 heterocycles. The van der Waals surface area contributed by atoms with Gasteiger partial charge in [0.25, 0.3) is 0 Å². The molecule has 3 N–H and O–H groups in total. The van der Waals surface area contributed by atoms with Crippen LogP contribution in [0.15, 0.2) is 35.5 Å². The van der Waals surface area contributed by atoms with Gasteiger partial charge in [-0.1, -0.05) is 35.5 Å². The molecule has 0 aliphatic carbocycles. The lowest BCUT2D eigenvalue weighted by Gasteiger charge is -2.06. The highest BCUT2D eigenvalue weighted by atomic mass is 16.5. The van der Waals surface area contributed by atoms with Crippen LogP contribution in [0.4, 0.5) is 0 Å². The smallest absolute Gasteiger partial charge is 0.145 e. The third-order valence-corrected chi connectivity index (χ3v) is 1.50. The third-order valence-electron chi connectivity index (χ3n) is 1.50. The Balaban J connectivity index is 2.35. The van der Waals surface area contributed by atoms with Crippen LogP contribution in [-0.2, 0) is 11.3 Å². The summed E-state index contributed by atoms with van der Waals surface area (Å²) in [5, 5.41) is 10.9. The molecule has 1 aromatic carbocycles. The maximum Gasteiger partial charge on any atom is 0.145 e. The Morgan fingerprint density at radius 1 is 1.46 bits per heavy atom. The number of oxime groups is 1. The lowest BCUT2D eigenvalue weighted by molar-refractivity contribution is 0.0896. The molecule has 13 heavy (non-hydrogen) atoms. The molecule has 0 spiro atoms. The number of ether oxygens (including phenoxy) is 1. The summed E-state index contributed by atoms with van der Waals surface area (Å²) < 4.78 is 5.14. The van der Waals surface area contributed by atoms with E-state index in [-0.39, 0.29) is 0 Å². The van der Waals surface area contributed by atoms with Crippen molar-refractivity contribution >= 4 is 6.21 Å². The van der Waals surface area contributed by atoms with Crippen LogP contribution in [0.2, 0.25) is 0 Å². The first-order valence-corrected chi connectivity index (χ1v) is 3.91. The van der Waals surface area contributed by atoms with E-state index in [0.29, 0.717) is 6.61 Å². The summed E-state index contributed by atoms with van der Waals surface area (Å²) in [5.74, 6) is 0. The van der Waals surface area contributed by atoms with Gasteiger partial charge in [0.05, 0.1) is 12.8 Å². The molecule has 0 saturated heterocycles. The number of nitrogens with two attached hydrogens (primary N) is 1. The SMILES string of the molecule is NC(C=NO)OCc1ccccc1. The van der Waals surface area contributed by atoms with Crippen LogP contribution < -0.4 is 5.73 Å². The van der Waals surface area contributed by atoms with Gasteiger partial charge in [0.2, 0.25) is 0 Å². The van der Waals surface area contributed by atoms with E-state index >= 15 is 0 Å². The first-order valence-electron chi connectivity index (χ1n) is 3.91. The standard InChI is InChI=1S/C9H12N2O2/c10-9(6-11-12)13-7-8-4-2-1-3-5-8/h1-6,9,12H,7,10H2. The van der Waals surface area contributed by atoms with Gasteiger partial charge >= 0.3 is 0 Å². The van der Waals surface area contributed by atoms with Crippen molar-refractivity contribution in [1.29, 1.82) is 0 Å². The van der Waals surface area contributed by atoms with Crippen LogP contribution in [0.3, 0.4) is 0 Å². The highest BCUT2D eigenvalue weighted by Crippen LogP contribution is 2.00. The van der Waals surface area contributed by atoms with Crippen LogP contribution in [0.1, 0.15) is 5.56 Å². The molecule has 1 aromatic rings. The molecular formula is C9H12N2O2. The summed E-state index contributed by atoms with van der Waals surface area (Å²) in [6.07, 6.45) is 0.466. The zero-order valence-corrected chi connectivity index (χ0v) is 7.13. The lowest BCUT2D eigenvalue weighted by Crippen LogP contribution is -2.25. The normalized spacial score (nSPS) is 13.3. The van der Waals surface area contributed by atoms with Crippen molar-refractivity contribution in [2.45, 2.75) is 12.8 Å². The van der Waals surface area contributed by atoms with Gasteiger partial charge in [0, 0.05) is 0 Å². The molecule has 0 aromatic heterocycles. The van der Waals surface area contributed by atoms with E-state index in [1.807, 2.05) is 30.3 Å². The predicted octanol–water partition coefficient (Wildman–Crippen LogP) is 0.948. The zero-order valence-electron chi connectivity index (χ0n) is 7.13. The van der Waals surface area contributed by atoms with Crippen molar-refractivity contribution in [3.63, 3.8) is 0 Å². The summed E-state index contributed by atoms with van der Waals surface area (Å²) in [6, 6.07) is 9.64. The van der Waals surface area contributed by atoms with E-state index in [1.54, 1.807) is 0 Å². The molecule has 0 radical (unpaired) electrons. The Morgan fingerprint density at radius 2 is 2.15 bits per heavy atom. The Kier molecular flexibility index (Phi) is 3.95. The van der Waals surface area contributed by atoms with Gasteiger partial charge in [0.1, 0.15) is 6.23 Å². The molecular weight excluding hydrogens is 168 g/mol. The molecule has 1 atom stereocenters. The Bertz CT molecular complexity index is 262. The van der Waals surface area contributed by atoms with Crippen molar-refractivity contribution in [1.82, 2.24) is 0 Å². The molecule has 4 nitrogen and oxygen atoms in total. The van der Waals surface area contributed by atoms with Crippen molar-refractivity contribution in [2.75, 3.05) is 0 Å². The Labute approximate surface area is 76.6 Å². The molecule has 1 unspecified atom stereocenters. The van der Waals surface area contributed by atoms with Crippen LogP contribution >= 0.6 is 0 Å². The predicted molar refractivity (Wildman–Crippen MR) is 49.5 cm³/mol. The minimum Gasteiger partial charge on any atom is -0.411 e. The van der Waals surface area contributed by atoms with Crippen LogP contribution in [0, 0.1) is 0 Å². The average molecular weight is 180 g/mol. The molecule has 0 aliphatic rings. The van der Waals surface area contributed by atoms with E-state index in [0.717, 1.165) is 11.8 Å². The average Bonchev–Trinajstić information content (AvgIpc) is 2.17. The van der Waals surface area contributed by atoms with E-state index in [2.05, 4.69) is 5.16 Å². The van der Waals surface area contributed by atoms with Gasteiger partial charge in [-0.2, -0.15) is 0 Å². The highest BCUT2D eigenvalue weighted by molar-refractivity contribution is 5.61. The zero-order chi connectivity index (χ0) is 9.52. The van der Waals surface area contributed by atoms with Crippen LogP contribution in [-0.4, -0.2) is 17.6 Å². The second-order valence-electron chi connectivity index (χ2n) is 2.53. The molecule has 0 aliphatic heterocycles. The fourth-order valence-electron chi connectivity index (χ4n) is 0.875. The quantitative estimate of drug-likeness (QED) is 0.314. The van der Waals surface area contributed by atoms with Crippen molar-refractivity contribution in [3.05, 3.63) is 35.9 Å². The summed E-state index contributed by atoms with van der Waals surface area (Å²) in [6.45, 7) is 0.411. The fraction of sp³-hybridized carbons (Fsp3) is 0.222. The molecule has 0 amide bonds. The molecule has 0 bridgehead atoms. The first kappa shape index (κ1) is 9.70. The molecule has 4 heteroatoms. The number of hydrogen-bond acceptors (Lipinski definition) is 4. The highest BCUT2D eigenvalue weighted by Gasteiger charge is 1.98. The second kappa shape index (κ2) is 5.29. The van der Waals surface area contributed by atoms with Crippen molar-refractivity contribution < 1.29 is 9.94 Å². The monoisotopic (exact) mass is 180 g/mol. The first-order chi connectivity index (χ1) is 6.33. The van der Waals surface area contributed by atoms with E-state index in [4.69, 9.17) is 15.7 Å². The second-order valence-corrected chi connectivity index (χ2v) is 2.53. The number of hydrogen-bond donors (Lipinski definition) is 2. The van der Waals surface area contributed by atoms with Crippen molar-refractivity contribution in [2.24, 2.45) is 10.9 Å². The van der Waals surface area contributed by atoms with E-state index in [1.165, 1.54) is 0 Å². The van der Waals surface area contributed by atoms with Gasteiger partial charge in [-0.05, 0) is 5.56 Å². The maximum absolute atomic E-state index is 8.14. The number of rotatable bonds is 4. The minimum absolute atomic E-state index is 0.411. The third kappa shape index (κ3) is 3.68. The van der Waals surface area contributed by atoms with E-state index in [9.17, 15) is 0 Å². The van der Waals surface area contributed by atoms with Crippen molar-refractivity contribution in [3.8, 4) is 0 Å². The number of benzene rings is 1. The molecule has 0 fully saturated rings. The number of nitrogens with zero attached hydrogens (tertiary/aromatic N) is 1. The minimum atomic E-state index is -0.662. The molecule has 70 valence electrons. The summed E-state index contributed by atoms with van der Waals surface area (Å²) in [5.41, 5.74) is 6.43. The topological polar surface area (TPSA) is 67.8 Å². The molecule has 1 rings (SSSR count). The largest absolute Gasteiger partial charge is 0.411 e. The van der Waals surface area contributed by atoms with Gasteiger partial charge < -0.3 is 15.7 Å². The van der Waals surface area contributed by atoms with Gasteiger partial charge in [0.15, 0.2) is 0 Å². The van der Waals surface area contributed by atoms with Gasteiger partial charge in [-0.3, -0.25) is 0 Å². The van der Waals surface area contributed by atoms with E-state index < -0.39 is 6.23 Å². The maximum atomic E-state index is 8.14. The summed E-state index contributed by atoms with van der Waals surface area (Å²) >= 11 is 0. The lowest BCUT2D eigenvalue weighted by atomic mass is 10.2. The fourth-order valence-corrected chi connectivity index (χ4v) is 0.875. The Hall–Kier alpha value is -1.39. The summed E-state index contributed by atoms with van der Waals surface area (Å²) in [7, 11) is 0. The summed E-state index contributed by atoms with van der Waals surface area (Å²) in [4.78, 5) is 0. The van der Waals surface area contributed by atoms with Crippen LogP contribution in [0.5, 0.6) is 0 Å².